The van der Waals surface area contributed by atoms with E-state index < -0.39 is 30.2 Å². The Morgan fingerprint density at radius 1 is 0.625 bits per heavy atom. The van der Waals surface area contributed by atoms with Crippen LogP contribution in [0.15, 0.2) is 0 Å². The minimum absolute atomic E-state index is 0.0476. The monoisotopic (exact) mass is 650 g/mol. The molecule has 0 amide bonds. The van der Waals surface area contributed by atoms with Crippen LogP contribution in [-0.4, -0.2) is 43.2 Å². The van der Waals surface area contributed by atoms with Crippen molar-refractivity contribution in [3.05, 3.63) is 0 Å². The zero-order valence-electron chi connectivity index (χ0n) is 15.9. The first-order valence-corrected chi connectivity index (χ1v) is 27.9. The Morgan fingerprint density at radius 2 is 0.833 bits per heavy atom. The normalized spacial score (nSPS) is 13.9. The summed E-state index contributed by atoms with van der Waals surface area (Å²) in [7, 11) is 3.47. The Balaban J connectivity index is 5.10. The fourth-order valence-electron chi connectivity index (χ4n) is 1.46. The van der Waals surface area contributed by atoms with Gasteiger partial charge in [-0.2, -0.15) is 0 Å². The number of hydrogen-bond acceptors (Lipinski definition) is 8. The first-order valence-electron chi connectivity index (χ1n) is 7.83. The molecule has 0 bridgehead atoms. The van der Waals surface area contributed by atoms with Gasteiger partial charge in [-0.05, 0) is 0 Å². The maximum absolute atomic E-state index is 6.00. The van der Waals surface area contributed by atoms with E-state index in [2.05, 4.69) is 4.63 Å². The molecule has 0 aromatic heterocycles. The third-order valence-corrected chi connectivity index (χ3v) is 61.2. The van der Waals surface area contributed by atoms with E-state index >= 15 is 0 Å². The molecular formula is C13H31BiO4P2S4. The van der Waals surface area contributed by atoms with Crippen LogP contribution in [0.25, 0.3) is 0 Å². The molecule has 0 atom stereocenters. The summed E-state index contributed by atoms with van der Waals surface area (Å²) >= 11 is 9.35. The molecule has 146 valence electrons. The molecule has 0 aromatic rings. The van der Waals surface area contributed by atoms with E-state index in [0.717, 1.165) is 0 Å². The molecule has 0 aliphatic rings. The fourth-order valence-corrected chi connectivity index (χ4v) is 82.6. The van der Waals surface area contributed by atoms with Crippen LogP contribution in [0.5, 0.6) is 0 Å². The molecule has 0 saturated carbocycles. The SMILES string of the molecule is CC(C)OP(=S)(OC(C)C)[S][Bi]([CH3])[S]P(=S)(OC(C)C)OC(C)C. The molecule has 0 aliphatic carbocycles. The summed E-state index contributed by atoms with van der Waals surface area (Å²) in [5.41, 5.74) is -4.72. The van der Waals surface area contributed by atoms with Crippen molar-refractivity contribution in [2.24, 2.45) is 0 Å². The van der Waals surface area contributed by atoms with Gasteiger partial charge in [-0.15, -0.1) is 0 Å². The van der Waals surface area contributed by atoms with Crippen LogP contribution in [0.3, 0.4) is 0 Å². The van der Waals surface area contributed by atoms with Crippen molar-refractivity contribution in [3.8, 4) is 0 Å². The van der Waals surface area contributed by atoms with Crippen LogP contribution in [-0.2, 0) is 41.7 Å². The third kappa shape index (κ3) is 13.0. The van der Waals surface area contributed by atoms with Crippen molar-refractivity contribution in [1.82, 2.24) is 0 Å². The van der Waals surface area contributed by atoms with E-state index in [9.17, 15) is 0 Å². The molecule has 0 unspecified atom stereocenters. The van der Waals surface area contributed by atoms with Gasteiger partial charge < -0.3 is 0 Å². The van der Waals surface area contributed by atoms with Crippen molar-refractivity contribution in [2.75, 3.05) is 0 Å². The maximum atomic E-state index is 6.00. The van der Waals surface area contributed by atoms with E-state index in [1.54, 1.807) is 16.3 Å². The van der Waals surface area contributed by atoms with Gasteiger partial charge >= 0.3 is 173 Å². The van der Waals surface area contributed by atoms with Gasteiger partial charge in [0.1, 0.15) is 0 Å². The molecule has 0 saturated heterocycles. The van der Waals surface area contributed by atoms with E-state index in [0.29, 0.717) is 0 Å². The van der Waals surface area contributed by atoms with Gasteiger partial charge in [0.2, 0.25) is 0 Å². The number of hydrogen-bond donors (Lipinski definition) is 0. The van der Waals surface area contributed by atoms with Crippen LogP contribution in [0.1, 0.15) is 55.4 Å². The van der Waals surface area contributed by atoms with Crippen molar-refractivity contribution in [1.29, 1.82) is 0 Å². The first-order chi connectivity index (χ1) is 10.8. The molecule has 0 aliphatic heterocycles. The zero-order chi connectivity index (χ0) is 19.1. The summed E-state index contributed by atoms with van der Waals surface area (Å²) in [5.74, 6) is 0. The van der Waals surface area contributed by atoms with Gasteiger partial charge in [-0.3, -0.25) is 0 Å². The quantitative estimate of drug-likeness (QED) is 0.170. The molecule has 0 aromatic carbocycles. The van der Waals surface area contributed by atoms with Gasteiger partial charge in [-0.1, -0.05) is 0 Å². The topological polar surface area (TPSA) is 36.9 Å². The first kappa shape index (κ1) is 26.7. The second kappa shape index (κ2) is 12.3. The Morgan fingerprint density at radius 3 is 1.00 bits per heavy atom. The Labute approximate surface area is 171 Å². The third-order valence-electron chi connectivity index (χ3n) is 1.79. The van der Waals surface area contributed by atoms with Crippen LogP contribution >= 0.6 is 27.7 Å². The Hall–Kier alpha value is 2.72. The predicted octanol–water partition coefficient (Wildman–Crippen LogP) is 6.72. The summed E-state index contributed by atoms with van der Waals surface area (Å²) in [5, 5.41) is 0. The van der Waals surface area contributed by atoms with E-state index in [-0.39, 0.29) is 24.4 Å². The van der Waals surface area contributed by atoms with Crippen molar-refractivity contribution >= 4 is 70.1 Å². The Kier molecular flexibility index (Phi) is 13.7. The molecule has 0 spiro atoms. The van der Waals surface area contributed by atoms with Crippen LogP contribution < -0.4 is 0 Å². The average Bonchev–Trinajstić information content (AvgIpc) is 2.20. The molecule has 0 rings (SSSR count). The molecule has 0 heterocycles. The second-order valence-corrected chi connectivity index (χ2v) is 43.7. The summed E-state index contributed by atoms with van der Waals surface area (Å²) < 4.78 is 26.2. The summed E-state index contributed by atoms with van der Waals surface area (Å²) in [6.07, 6.45) is 0.190. The number of rotatable bonds is 12. The summed E-state index contributed by atoms with van der Waals surface area (Å²) in [6, 6.07) is 0. The standard InChI is InChI=1S/2C6H15O2PS2.CH3.Bi/c2*1-5(2)7-9(10,11)8-6(3)4;;/h2*5-6H,1-4H3,(H,10,11);1H3;/q;;;+2/p-2. The average molecular weight is 651 g/mol. The van der Waals surface area contributed by atoms with Gasteiger partial charge in [0.05, 0.1) is 0 Å². The molecule has 24 heavy (non-hydrogen) atoms. The van der Waals surface area contributed by atoms with Crippen LogP contribution in [0, 0.1) is 0 Å². The fraction of sp³-hybridized carbons (Fsp3) is 1.00. The molecule has 0 N–H and O–H groups in total. The van der Waals surface area contributed by atoms with Crippen molar-refractivity contribution < 1.29 is 18.1 Å². The predicted molar refractivity (Wildman–Crippen MR) is 120 cm³/mol. The van der Waals surface area contributed by atoms with Gasteiger partial charge in [0.25, 0.3) is 0 Å². The van der Waals surface area contributed by atoms with E-state index in [4.69, 9.17) is 41.7 Å². The van der Waals surface area contributed by atoms with Crippen molar-refractivity contribution in [2.45, 2.75) is 84.4 Å². The molecular weight excluding hydrogens is 619 g/mol. The second-order valence-electron chi connectivity index (χ2n) is 6.11. The molecule has 0 radical (unpaired) electrons. The van der Waals surface area contributed by atoms with Crippen LogP contribution in [0.4, 0.5) is 0 Å². The summed E-state index contributed by atoms with van der Waals surface area (Å²) in [4.78, 5) is 0. The summed E-state index contributed by atoms with van der Waals surface area (Å²) in [6.45, 7) is 15.9. The van der Waals surface area contributed by atoms with E-state index in [1.165, 1.54) is 0 Å². The Bertz CT molecular complexity index is 395. The minimum atomic E-state index is -2.36. The van der Waals surface area contributed by atoms with Gasteiger partial charge in [0.15, 0.2) is 0 Å². The van der Waals surface area contributed by atoms with Crippen LogP contribution in [0.2, 0.25) is 4.63 Å². The van der Waals surface area contributed by atoms with Gasteiger partial charge in [0, 0.05) is 0 Å². The molecule has 4 nitrogen and oxygen atoms in total. The molecule has 11 heteroatoms. The molecule has 0 fully saturated rings. The zero-order valence-corrected chi connectivity index (χ0v) is 24.4. The van der Waals surface area contributed by atoms with E-state index in [1.807, 2.05) is 55.4 Å². The van der Waals surface area contributed by atoms with Gasteiger partial charge in [-0.25, -0.2) is 0 Å². The van der Waals surface area contributed by atoms with Crippen molar-refractivity contribution in [3.63, 3.8) is 0 Å².